The number of carbonyl (C=O) groups excluding carboxylic acids is 2. The quantitative estimate of drug-likeness (QED) is 0.658. The Morgan fingerprint density at radius 3 is 2.46 bits per heavy atom. The van der Waals surface area contributed by atoms with Crippen molar-refractivity contribution in [3.8, 4) is 11.5 Å². The third kappa shape index (κ3) is 6.22. The SMILES string of the molecule is CCOC(=O)CC(NC(=O)c1cccc(OC(F)F)c1)c1cccc(OC)c1. The van der Waals surface area contributed by atoms with Gasteiger partial charge in [0.25, 0.3) is 5.91 Å². The Labute approximate surface area is 161 Å². The first-order valence-corrected chi connectivity index (χ1v) is 8.58. The summed E-state index contributed by atoms with van der Waals surface area (Å²) in [5.74, 6) is -0.596. The summed E-state index contributed by atoms with van der Waals surface area (Å²) in [5.41, 5.74) is 0.760. The smallest absolute Gasteiger partial charge is 0.387 e. The van der Waals surface area contributed by atoms with Gasteiger partial charge in [-0.1, -0.05) is 18.2 Å². The molecule has 0 radical (unpaired) electrons. The fourth-order valence-electron chi connectivity index (χ4n) is 2.55. The number of nitrogens with one attached hydrogen (secondary N) is 1. The van der Waals surface area contributed by atoms with Gasteiger partial charge in [-0.05, 0) is 42.8 Å². The molecule has 0 fully saturated rings. The molecular formula is C20H21F2NO5. The molecule has 2 rings (SSSR count). The summed E-state index contributed by atoms with van der Waals surface area (Å²) in [7, 11) is 1.51. The van der Waals surface area contributed by atoms with Crippen molar-refractivity contribution in [3.63, 3.8) is 0 Å². The van der Waals surface area contributed by atoms with Gasteiger partial charge in [-0.25, -0.2) is 0 Å². The average Bonchev–Trinajstić information content (AvgIpc) is 2.67. The van der Waals surface area contributed by atoms with Crippen LogP contribution >= 0.6 is 0 Å². The molecule has 1 atom stereocenters. The molecule has 0 saturated carbocycles. The molecule has 6 nitrogen and oxygen atoms in total. The van der Waals surface area contributed by atoms with Crippen molar-refractivity contribution in [1.82, 2.24) is 5.32 Å². The number of halogens is 2. The molecule has 1 unspecified atom stereocenters. The molecule has 28 heavy (non-hydrogen) atoms. The van der Waals surface area contributed by atoms with E-state index in [1.807, 2.05) is 0 Å². The number of rotatable bonds is 9. The molecular weight excluding hydrogens is 372 g/mol. The largest absolute Gasteiger partial charge is 0.497 e. The Morgan fingerprint density at radius 1 is 1.07 bits per heavy atom. The van der Waals surface area contributed by atoms with Crippen LogP contribution in [0.5, 0.6) is 11.5 Å². The van der Waals surface area contributed by atoms with E-state index in [2.05, 4.69) is 10.1 Å². The van der Waals surface area contributed by atoms with E-state index in [0.717, 1.165) is 0 Å². The van der Waals surface area contributed by atoms with Gasteiger partial charge in [0.05, 0.1) is 26.2 Å². The zero-order valence-electron chi connectivity index (χ0n) is 15.5. The van der Waals surface area contributed by atoms with Crippen LogP contribution in [0.15, 0.2) is 48.5 Å². The minimum Gasteiger partial charge on any atom is -0.497 e. The zero-order valence-corrected chi connectivity index (χ0v) is 15.5. The third-order valence-corrected chi connectivity index (χ3v) is 3.80. The molecule has 0 aliphatic carbocycles. The molecule has 0 bridgehead atoms. The Bertz CT molecular complexity index is 813. The lowest BCUT2D eigenvalue weighted by Gasteiger charge is -2.19. The highest BCUT2D eigenvalue weighted by Gasteiger charge is 2.21. The van der Waals surface area contributed by atoms with Crippen LogP contribution < -0.4 is 14.8 Å². The standard InChI is InChI=1S/C20H21F2NO5/c1-3-27-18(24)12-17(13-6-4-8-15(10-13)26-2)23-19(25)14-7-5-9-16(11-14)28-20(21)22/h4-11,17,20H,3,12H2,1-2H3,(H,23,25). The lowest BCUT2D eigenvalue weighted by atomic mass is 10.0. The van der Waals surface area contributed by atoms with E-state index in [9.17, 15) is 18.4 Å². The van der Waals surface area contributed by atoms with E-state index in [1.54, 1.807) is 31.2 Å². The maximum atomic E-state index is 12.6. The molecule has 0 saturated heterocycles. The fraction of sp³-hybridized carbons (Fsp3) is 0.300. The Morgan fingerprint density at radius 2 is 1.79 bits per heavy atom. The molecule has 0 spiro atoms. The number of hydrogen-bond donors (Lipinski definition) is 1. The summed E-state index contributed by atoms with van der Waals surface area (Å²) in [5, 5.41) is 2.73. The minimum atomic E-state index is -2.99. The topological polar surface area (TPSA) is 73.9 Å². The van der Waals surface area contributed by atoms with Gasteiger partial charge in [-0.3, -0.25) is 9.59 Å². The van der Waals surface area contributed by atoms with Crippen molar-refractivity contribution in [1.29, 1.82) is 0 Å². The summed E-state index contributed by atoms with van der Waals surface area (Å²) in [6.07, 6.45) is -0.0972. The van der Waals surface area contributed by atoms with E-state index in [0.29, 0.717) is 11.3 Å². The van der Waals surface area contributed by atoms with E-state index >= 15 is 0 Å². The van der Waals surface area contributed by atoms with Crippen molar-refractivity contribution in [2.75, 3.05) is 13.7 Å². The van der Waals surface area contributed by atoms with E-state index in [1.165, 1.54) is 31.4 Å². The Hall–Kier alpha value is -3.16. The van der Waals surface area contributed by atoms with Crippen LogP contribution in [-0.4, -0.2) is 32.2 Å². The zero-order chi connectivity index (χ0) is 20.5. The first kappa shape index (κ1) is 21.1. The molecule has 0 aliphatic heterocycles. The molecule has 0 aliphatic rings. The number of alkyl halides is 2. The Balaban J connectivity index is 2.23. The van der Waals surface area contributed by atoms with Gasteiger partial charge in [0, 0.05) is 5.56 Å². The van der Waals surface area contributed by atoms with E-state index in [-0.39, 0.29) is 24.3 Å². The monoisotopic (exact) mass is 393 g/mol. The van der Waals surface area contributed by atoms with Crippen LogP contribution in [0.25, 0.3) is 0 Å². The first-order chi connectivity index (χ1) is 13.4. The molecule has 2 aromatic rings. The molecule has 2 aromatic carbocycles. The van der Waals surface area contributed by atoms with Crippen LogP contribution in [0.4, 0.5) is 8.78 Å². The number of esters is 1. The molecule has 150 valence electrons. The summed E-state index contributed by atoms with van der Waals surface area (Å²) in [6.45, 7) is -1.09. The average molecular weight is 393 g/mol. The first-order valence-electron chi connectivity index (χ1n) is 8.58. The number of methoxy groups -OCH3 is 1. The lowest BCUT2D eigenvalue weighted by molar-refractivity contribution is -0.143. The van der Waals surface area contributed by atoms with Crippen LogP contribution in [0, 0.1) is 0 Å². The van der Waals surface area contributed by atoms with Crippen LogP contribution in [-0.2, 0) is 9.53 Å². The van der Waals surface area contributed by atoms with Crippen LogP contribution in [0.1, 0.15) is 35.3 Å². The second-order valence-corrected chi connectivity index (χ2v) is 5.72. The van der Waals surface area contributed by atoms with Gasteiger partial charge in [0.2, 0.25) is 0 Å². The molecule has 8 heteroatoms. The summed E-state index contributed by atoms with van der Waals surface area (Å²) in [6, 6.07) is 11.6. The van der Waals surface area contributed by atoms with E-state index < -0.39 is 24.5 Å². The fourth-order valence-corrected chi connectivity index (χ4v) is 2.55. The molecule has 0 heterocycles. The molecule has 0 aromatic heterocycles. The van der Waals surface area contributed by atoms with Crippen LogP contribution in [0.3, 0.4) is 0 Å². The highest BCUT2D eigenvalue weighted by atomic mass is 19.3. The number of hydrogen-bond acceptors (Lipinski definition) is 5. The number of amides is 1. The number of carbonyl (C=O) groups is 2. The normalized spacial score (nSPS) is 11.6. The second kappa shape index (κ2) is 10.2. The van der Waals surface area contributed by atoms with Crippen molar-refractivity contribution in [3.05, 3.63) is 59.7 Å². The highest BCUT2D eigenvalue weighted by Crippen LogP contribution is 2.23. The van der Waals surface area contributed by atoms with Gasteiger partial charge < -0.3 is 19.5 Å². The third-order valence-electron chi connectivity index (χ3n) is 3.80. The summed E-state index contributed by atoms with van der Waals surface area (Å²) < 4.78 is 39.2. The van der Waals surface area contributed by atoms with E-state index in [4.69, 9.17) is 9.47 Å². The number of ether oxygens (including phenoxy) is 3. The van der Waals surface area contributed by atoms with Crippen molar-refractivity contribution >= 4 is 11.9 Å². The predicted molar refractivity (Wildman–Crippen MR) is 97.5 cm³/mol. The predicted octanol–water partition coefficient (Wildman–Crippen LogP) is 3.72. The molecule has 1 N–H and O–H groups in total. The van der Waals surface area contributed by atoms with Crippen molar-refractivity contribution in [2.24, 2.45) is 0 Å². The van der Waals surface area contributed by atoms with Crippen molar-refractivity contribution in [2.45, 2.75) is 26.0 Å². The van der Waals surface area contributed by atoms with Gasteiger partial charge in [-0.2, -0.15) is 8.78 Å². The maximum Gasteiger partial charge on any atom is 0.387 e. The lowest BCUT2D eigenvalue weighted by Crippen LogP contribution is -2.30. The summed E-state index contributed by atoms with van der Waals surface area (Å²) in [4.78, 5) is 24.6. The second-order valence-electron chi connectivity index (χ2n) is 5.72. The highest BCUT2D eigenvalue weighted by molar-refractivity contribution is 5.95. The van der Waals surface area contributed by atoms with Gasteiger partial charge in [0.15, 0.2) is 0 Å². The van der Waals surface area contributed by atoms with Crippen LogP contribution in [0.2, 0.25) is 0 Å². The maximum absolute atomic E-state index is 12.6. The van der Waals surface area contributed by atoms with Gasteiger partial charge >= 0.3 is 12.6 Å². The summed E-state index contributed by atoms with van der Waals surface area (Å²) >= 11 is 0. The van der Waals surface area contributed by atoms with Crippen molar-refractivity contribution < 1.29 is 32.6 Å². The van der Waals surface area contributed by atoms with Gasteiger partial charge in [0.1, 0.15) is 11.5 Å². The Kier molecular flexibility index (Phi) is 7.74. The minimum absolute atomic E-state index is 0.0972. The number of benzene rings is 2. The van der Waals surface area contributed by atoms with Gasteiger partial charge in [-0.15, -0.1) is 0 Å². The molecule has 1 amide bonds.